The molecular formula is C48H81N3O12. The van der Waals surface area contributed by atoms with Gasteiger partial charge in [-0.2, -0.15) is 0 Å². The Kier molecular flexibility index (Phi) is 23.0. The predicted molar refractivity (Wildman–Crippen MR) is 242 cm³/mol. The number of nitrogens with two attached hydrogens (primary N) is 1. The lowest BCUT2D eigenvalue weighted by atomic mass is 9.81. The van der Waals surface area contributed by atoms with E-state index in [1.165, 1.54) is 12.0 Å². The van der Waals surface area contributed by atoms with Gasteiger partial charge in [0.2, 0.25) is 11.7 Å². The number of fused-ring (bicyclic) bond motifs is 3. The van der Waals surface area contributed by atoms with E-state index >= 15 is 0 Å². The van der Waals surface area contributed by atoms with Crippen LogP contribution in [0.4, 0.5) is 0 Å². The number of aliphatic hydroxyl groups excluding tert-OH is 2. The summed E-state index contributed by atoms with van der Waals surface area (Å²) in [4.78, 5) is 53.6. The molecule has 3 fully saturated rings. The van der Waals surface area contributed by atoms with Crippen LogP contribution >= 0.6 is 0 Å². The van der Waals surface area contributed by atoms with Crippen LogP contribution in [-0.2, 0) is 42.9 Å². The van der Waals surface area contributed by atoms with Crippen molar-refractivity contribution < 1.29 is 58.2 Å². The lowest BCUT2D eigenvalue weighted by molar-refractivity contribution is -0.302. The van der Waals surface area contributed by atoms with E-state index in [0.717, 1.165) is 5.57 Å². The van der Waals surface area contributed by atoms with Crippen molar-refractivity contribution in [2.75, 3.05) is 27.9 Å². The van der Waals surface area contributed by atoms with Gasteiger partial charge in [-0.1, -0.05) is 58.9 Å². The van der Waals surface area contributed by atoms with Crippen LogP contribution in [0, 0.1) is 35.0 Å². The van der Waals surface area contributed by atoms with Crippen LogP contribution in [0.3, 0.4) is 0 Å². The smallest absolute Gasteiger partial charge is 0.329 e. The first-order chi connectivity index (χ1) is 29.3. The van der Waals surface area contributed by atoms with Crippen molar-refractivity contribution in [2.45, 2.75) is 181 Å². The Balaban J connectivity index is 0.00000215. The number of nitrogens with one attached hydrogen (secondary N) is 1. The topological polar surface area (TPSA) is 228 Å². The maximum atomic E-state index is 14.3. The third kappa shape index (κ3) is 14.9. The molecule has 15 heteroatoms. The number of Topliss-reactive ketones (excluding diaryl/α,β-unsaturated/α-hetero) is 1. The fraction of sp³-hybridized carbons (Fsp3) is 0.771. The quantitative estimate of drug-likeness (QED) is 0.114. The Morgan fingerprint density at radius 3 is 2.19 bits per heavy atom. The number of nitrogens with zero attached hydrogens (tertiary/aromatic N) is 1. The first-order valence-electron chi connectivity index (χ1n) is 22.5. The minimum Gasteiger partial charge on any atom is -0.456 e. The highest BCUT2D eigenvalue weighted by Crippen LogP contribution is 2.39. The second kappa shape index (κ2) is 26.0. The molecule has 0 radical (unpaired) electrons. The number of allylic oxidation sites excluding steroid dienone is 4. The maximum Gasteiger partial charge on any atom is 0.329 e. The van der Waals surface area contributed by atoms with Crippen molar-refractivity contribution >= 4 is 29.3 Å². The number of carbonyl (C=O) groups excluding carboxylic acids is 4. The molecule has 0 unspecified atom stereocenters. The summed E-state index contributed by atoms with van der Waals surface area (Å²) in [6.45, 7) is 15.1. The van der Waals surface area contributed by atoms with Crippen LogP contribution in [0.15, 0.2) is 36.0 Å². The Bertz CT molecular complexity index is 1600. The molecule has 4 rings (SSSR count). The third-order valence-electron chi connectivity index (χ3n) is 13.3. The average molecular weight is 892 g/mol. The lowest BCUT2D eigenvalue weighted by Gasteiger charge is -2.47. The molecule has 14 atom stereocenters. The zero-order valence-electron chi connectivity index (χ0n) is 38.7. The molecule has 2 saturated heterocycles. The van der Waals surface area contributed by atoms with E-state index in [2.05, 4.69) is 19.2 Å². The summed E-state index contributed by atoms with van der Waals surface area (Å²) < 4.78 is 29.9. The van der Waals surface area contributed by atoms with Gasteiger partial charge >= 0.3 is 5.97 Å². The Labute approximate surface area is 376 Å². The number of carbonyl (C=O) groups is 4. The second-order valence-electron chi connectivity index (χ2n) is 18.2. The monoisotopic (exact) mass is 892 g/mol. The molecule has 0 aromatic rings. The molecule has 0 aromatic carbocycles. The molecule has 6 N–H and O–H groups in total. The Hall–Kier alpha value is -3.31. The number of rotatable bonds is 8. The summed E-state index contributed by atoms with van der Waals surface area (Å²) in [7, 11) is 4.65. The normalized spacial score (nSPS) is 37.7. The second-order valence-corrected chi connectivity index (χ2v) is 18.2. The van der Waals surface area contributed by atoms with Crippen LogP contribution < -0.4 is 5.73 Å². The minimum absolute atomic E-state index is 0. The first kappa shape index (κ1) is 55.8. The summed E-state index contributed by atoms with van der Waals surface area (Å²) in [5.74, 6) is -7.38. The van der Waals surface area contributed by atoms with Crippen molar-refractivity contribution in [3.63, 3.8) is 0 Å². The fourth-order valence-electron chi connectivity index (χ4n) is 9.46. The van der Waals surface area contributed by atoms with Crippen molar-refractivity contribution in [1.82, 2.24) is 4.90 Å². The summed E-state index contributed by atoms with van der Waals surface area (Å²) in [6, 6.07) is -1.12. The molecule has 4 aliphatic rings. The number of hydrogen-bond acceptors (Lipinski definition) is 13. The molecule has 15 nitrogen and oxygen atoms in total. The number of primary amides is 1. The van der Waals surface area contributed by atoms with Gasteiger partial charge in [-0.15, -0.1) is 6.58 Å². The van der Waals surface area contributed by atoms with Crippen LogP contribution in [-0.4, -0.2) is 132 Å². The number of methoxy groups -OCH3 is 3. The number of ether oxygens (including phenoxy) is 5. The van der Waals surface area contributed by atoms with Gasteiger partial charge < -0.3 is 55.0 Å². The van der Waals surface area contributed by atoms with E-state index in [1.54, 1.807) is 41.1 Å². The summed E-state index contributed by atoms with van der Waals surface area (Å²) >= 11 is 0. The summed E-state index contributed by atoms with van der Waals surface area (Å²) in [5.41, 5.74) is 6.71. The number of cyclic esters (lactones) is 1. The highest BCUT2D eigenvalue weighted by atomic mass is 16.7. The fourth-order valence-corrected chi connectivity index (χ4v) is 9.46. The average Bonchev–Trinajstić information content (AvgIpc) is 3.24. The molecule has 1 saturated carbocycles. The molecule has 2 bridgehead atoms. The SMILES string of the molecule is C.C=CC[C@@H]1/C=C(\C)C[C@H](C)C[C@H](OC)[C@H]2O[C@@](O)(C(=O)C(=O)N3CCCC[C@H]3C(=O)O[C@H](/C(C)=C/[C@@H]3CC[C@@H](O)[C@H](OC)C3)[C@H](C)[C@@H](O)CC1=N)[C@H](C)C[C@@H]2OC.CCC(N)=O. The van der Waals surface area contributed by atoms with Gasteiger partial charge in [0.1, 0.15) is 18.2 Å². The molecule has 2 amide bonds. The molecule has 1 aliphatic carbocycles. The minimum atomic E-state index is -2.50. The molecule has 360 valence electrons. The van der Waals surface area contributed by atoms with E-state index in [4.69, 9.17) is 29.1 Å². The number of piperidine rings is 1. The van der Waals surface area contributed by atoms with Gasteiger partial charge in [0.25, 0.3) is 11.7 Å². The maximum absolute atomic E-state index is 14.3. The Morgan fingerprint density at radius 1 is 0.984 bits per heavy atom. The van der Waals surface area contributed by atoms with Crippen molar-refractivity contribution in [2.24, 2.45) is 35.3 Å². The number of ketones is 1. The van der Waals surface area contributed by atoms with E-state index in [1.807, 2.05) is 26.0 Å². The largest absolute Gasteiger partial charge is 0.456 e. The highest BCUT2D eigenvalue weighted by molar-refractivity contribution is 6.39. The molecule has 0 aromatic heterocycles. The van der Waals surface area contributed by atoms with Gasteiger partial charge in [0, 0.05) is 64.2 Å². The molecule has 0 spiro atoms. The summed E-state index contributed by atoms with van der Waals surface area (Å²) in [5, 5.41) is 43.4. The first-order valence-corrected chi connectivity index (χ1v) is 22.5. The van der Waals surface area contributed by atoms with Gasteiger partial charge in [0.05, 0.1) is 30.5 Å². The standard InChI is InChI=1S/C44H70N2O11.C3H7NO.CH4/c1-10-13-31-19-25(2)18-26(3)20-37(54-8)40-38(55-9)22-28(5)44(52,57-40)41(49)42(50)46-17-12-11-14-33(46)43(51)56-39(29(6)35(48)24-32(31)45)27(4)21-30-15-16-34(47)36(23-30)53-7;1-2-3(4)5;/h10,19,21,26,28-31,33-40,45,47-48,52H,1,11-18,20,22-24H2,2-9H3;2H2,1H3,(H2,4,5);1H4/b25-19+,27-21+,45-32?;;/t26-,28+,29+,30-,31+,33-,34+,35-,36+,37-,38-,39+,40+,44+;;/m0../s1. The number of hydrogen-bond donors (Lipinski definition) is 5. The van der Waals surface area contributed by atoms with E-state index in [9.17, 15) is 34.5 Å². The molecule has 3 aliphatic heterocycles. The van der Waals surface area contributed by atoms with Gasteiger partial charge in [0.15, 0.2) is 0 Å². The lowest BCUT2D eigenvalue weighted by Crippen LogP contribution is -2.64. The highest BCUT2D eigenvalue weighted by Gasteiger charge is 2.56. The van der Waals surface area contributed by atoms with E-state index < -0.39 is 77.9 Å². The van der Waals surface area contributed by atoms with Gasteiger partial charge in [-0.25, -0.2) is 4.79 Å². The van der Waals surface area contributed by atoms with Crippen molar-refractivity contribution in [1.29, 1.82) is 5.41 Å². The zero-order valence-corrected chi connectivity index (χ0v) is 38.7. The predicted octanol–water partition coefficient (Wildman–Crippen LogP) is 5.61. The Morgan fingerprint density at radius 2 is 1.60 bits per heavy atom. The van der Waals surface area contributed by atoms with Crippen LogP contribution in [0.25, 0.3) is 0 Å². The molecular weight excluding hydrogens is 811 g/mol. The van der Waals surface area contributed by atoms with E-state index in [-0.39, 0.29) is 63.0 Å². The molecule has 63 heavy (non-hydrogen) atoms. The summed E-state index contributed by atoms with van der Waals surface area (Å²) in [6.07, 6.45) is 6.44. The van der Waals surface area contributed by atoms with Gasteiger partial charge in [-0.05, 0) is 95.5 Å². The number of aliphatic hydroxyl groups is 3. The third-order valence-corrected chi connectivity index (χ3v) is 13.3. The van der Waals surface area contributed by atoms with Crippen molar-refractivity contribution in [3.05, 3.63) is 36.0 Å². The number of amides is 2. The number of esters is 1. The molecule has 3 heterocycles. The van der Waals surface area contributed by atoms with Crippen LogP contribution in [0.5, 0.6) is 0 Å². The van der Waals surface area contributed by atoms with Gasteiger partial charge in [-0.3, -0.25) is 14.4 Å². The van der Waals surface area contributed by atoms with Crippen LogP contribution in [0.1, 0.15) is 126 Å². The van der Waals surface area contributed by atoms with Crippen LogP contribution in [0.2, 0.25) is 0 Å². The van der Waals surface area contributed by atoms with E-state index in [0.29, 0.717) is 69.1 Å². The zero-order chi connectivity index (χ0) is 46.5. The van der Waals surface area contributed by atoms with Crippen molar-refractivity contribution in [3.8, 4) is 0 Å².